The number of nitrogens with one attached hydrogen (secondary N) is 1. The van der Waals surface area contributed by atoms with Crippen LogP contribution in [0.4, 0.5) is 16.5 Å². The van der Waals surface area contributed by atoms with Gasteiger partial charge in [-0.05, 0) is 37.0 Å². The zero-order chi connectivity index (χ0) is 22.2. The van der Waals surface area contributed by atoms with Crippen LogP contribution < -0.4 is 15.1 Å². The summed E-state index contributed by atoms with van der Waals surface area (Å²) in [6.07, 6.45) is 6.79. The monoisotopic (exact) mass is 451 g/mol. The van der Waals surface area contributed by atoms with Gasteiger partial charge in [0.25, 0.3) is 5.91 Å². The molecule has 2 N–H and O–H groups in total. The van der Waals surface area contributed by atoms with Gasteiger partial charge in [0.15, 0.2) is 10.8 Å². The molecule has 0 radical (unpaired) electrons. The maximum atomic E-state index is 13.2. The third kappa shape index (κ3) is 3.76. The number of aromatic nitrogens is 4. The Morgan fingerprint density at radius 3 is 2.88 bits per heavy atom. The number of aliphatic hydroxyl groups excluding tert-OH is 1. The van der Waals surface area contributed by atoms with E-state index >= 15 is 0 Å². The van der Waals surface area contributed by atoms with Crippen LogP contribution in [0.3, 0.4) is 0 Å². The number of piperidine rings is 1. The lowest BCUT2D eigenvalue weighted by Crippen LogP contribution is -2.35. The lowest BCUT2D eigenvalue weighted by atomic mass is 9.97. The van der Waals surface area contributed by atoms with E-state index in [1.807, 2.05) is 25.1 Å². The van der Waals surface area contributed by atoms with Gasteiger partial charge in [0.2, 0.25) is 0 Å². The van der Waals surface area contributed by atoms with Gasteiger partial charge < -0.3 is 20.2 Å². The molecule has 32 heavy (non-hydrogen) atoms. The maximum absolute atomic E-state index is 13.2. The number of fused-ring (bicyclic) bond motifs is 2. The number of benzene rings is 1. The Hall–Kier alpha value is -3.24. The number of hydrogen-bond donors (Lipinski definition) is 2. The van der Waals surface area contributed by atoms with E-state index in [0.717, 1.165) is 52.7 Å². The highest BCUT2D eigenvalue weighted by Crippen LogP contribution is 2.38. The predicted molar refractivity (Wildman–Crippen MR) is 127 cm³/mol. The van der Waals surface area contributed by atoms with Crippen LogP contribution in [0, 0.1) is 5.92 Å². The molecule has 3 aromatic heterocycles. The molecular weight excluding hydrogens is 426 g/mol. The van der Waals surface area contributed by atoms with Crippen LogP contribution in [0.5, 0.6) is 0 Å². The Balaban J connectivity index is 1.53. The Morgan fingerprint density at radius 1 is 1.31 bits per heavy atom. The molecular formula is C22H25N7O2S. The standard InChI is InChI=1S/C22H25N7O2S/c1-27(2)22-26-17-10-18(28-8-4-14(13-30)5-9-28)16(11-19(17)32-22)25-21(31)15-12-24-29-7-3-6-23-20(15)29/h3,6-7,10-12,14,30H,4-5,8-9,13H2,1-2H3,(H,25,31). The Labute approximate surface area is 189 Å². The lowest BCUT2D eigenvalue weighted by Gasteiger charge is -2.34. The van der Waals surface area contributed by atoms with E-state index in [1.54, 1.807) is 40.5 Å². The Kier molecular flexibility index (Phi) is 5.40. The molecule has 5 rings (SSSR count). The fourth-order valence-corrected chi connectivity index (χ4v) is 4.95. The minimum absolute atomic E-state index is 0.219. The summed E-state index contributed by atoms with van der Waals surface area (Å²) in [5, 5.41) is 17.8. The highest BCUT2D eigenvalue weighted by atomic mass is 32.1. The number of carbonyl (C=O) groups excluding carboxylic acids is 1. The van der Waals surface area contributed by atoms with E-state index in [4.69, 9.17) is 4.98 Å². The van der Waals surface area contributed by atoms with Crippen LogP contribution in [0.25, 0.3) is 15.9 Å². The molecule has 0 aliphatic carbocycles. The van der Waals surface area contributed by atoms with Crippen molar-refractivity contribution < 1.29 is 9.90 Å². The van der Waals surface area contributed by atoms with Gasteiger partial charge in [0, 0.05) is 46.2 Å². The van der Waals surface area contributed by atoms with Gasteiger partial charge in [-0.25, -0.2) is 14.5 Å². The molecule has 0 spiro atoms. The van der Waals surface area contributed by atoms with E-state index in [0.29, 0.717) is 17.1 Å². The Bertz CT molecular complexity index is 1270. The van der Waals surface area contributed by atoms with Crippen LogP contribution in [-0.4, -0.2) is 64.4 Å². The average Bonchev–Trinajstić information content (AvgIpc) is 3.43. The van der Waals surface area contributed by atoms with Gasteiger partial charge in [-0.15, -0.1) is 0 Å². The number of thiazole rings is 1. The molecule has 166 valence electrons. The van der Waals surface area contributed by atoms with Crippen molar-refractivity contribution in [2.24, 2.45) is 5.92 Å². The molecule has 1 saturated heterocycles. The van der Waals surface area contributed by atoms with Gasteiger partial charge in [0.1, 0.15) is 5.56 Å². The van der Waals surface area contributed by atoms with E-state index in [9.17, 15) is 9.90 Å². The van der Waals surface area contributed by atoms with Gasteiger partial charge in [0.05, 0.1) is 27.8 Å². The van der Waals surface area contributed by atoms with E-state index in [2.05, 4.69) is 26.4 Å². The van der Waals surface area contributed by atoms with Gasteiger partial charge in [-0.1, -0.05) is 11.3 Å². The molecule has 1 aliphatic rings. The summed E-state index contributed by atoms with van der Waals surface area (Å²) in [7, 11) is 3.94. The van der Waals surface area contributed by atoms with Crippen molar-refractivity contribution in [1.29, 1.82) is 0 Å². The number of amides is 1. The summed E-state index contributed by atoms with van der Waals surface area (Å²) in [6.45, 7) is 1.86. The van der Waals surface area contributed by atoms with Crippen molar-refractivity contribution in [2.75, 3.05) is 48.9 Å². The lowest BCUT2D eigenvalue weighted by molar-refractivity contribution is 0.102. The first-order valence-corrected chi connectivity index (χ1v) is 11.4. The minimum Gasteiger partial charge on any atom is -0.396 e. The van der Waals surface area contributed by atoms with Crippen molar-refractivity contribution in [3.05, 3.63) is 42.4 Å². The third-order valence-corrected chi connectivity index (χ3v) is 7.05. The zero-order valence-corrected chi connectivity index (χ0v) is 18.8. The van der Waals surface area contributed by atoms with Gasteiger partial charge in [-0.2, -0.15) is 5.10 Å². The van der Waals surface area contributed by atoms with Crippen LogP contribution in [0.2, 0.25) is 0 Å². The number of anilines is 3. The zero-order valence-electron chi connectivity index (χ0n) is 18.0. The summed E-state index contributed by atoms with van der Waals surface area (Å²) in [5.74, 6) is 0.0828. The molecule has 0 bridgehead atoms. The molecule has 4 heterocycles. The molecule has 0 unspecified atom stereocenters. The van der Waals surface area contributed by atoms with Crippen LogP contribution in [0.15, 0.2) is 36.8 Å². The average molecular weight is 452 g/mol. The largest absolute Gasteiger partial charge is 0.396 e. The molecule has 1 fully saturated rings. The highest BCUT2D eigenvalue weighted by molar-refractivity contribution is 7.22. The van der Waals surface area contributed by atoms with Crippen LogP contribution in [-0.2, 0) is 0 Å². The van der Waals surface area contributed by atoms with Gasteiger partial charge in [-0.3, -0.25) is 4.79 Å². The smallest absolute Gasteiger partial charge is 0.261 e. The van der Waals surface area contributed by atoms with Gasteiger partial charge >= 0.3 is 0 Å². The third-order valence-electron chi connectivity index (χ3n) is 5.86. The first kappa shape index (κ1) is 20.7. The number of hydrogen-bond acceptors (Lipinski definition) is 8. The summed E-state index contributed by atoms with van der Waals surface area (Å²) in [4.78, 5) is 26.5. The second kappa shape index (κ2) is 8.36. The molecule has 0 saturated carbocycles. The highest BCUT2D eigenvalue weighted by Gasteiger charge is 2.24. The van der Waals surface area contributed by atoms with Crippen molar-refractivity contribution >= 4 is 49.6 Å². The number of nitrogens with zero attached hydrogens (tertiary/aromatic N) is 6. The number of aliphatic hydroxyl groups is 1. The molecule has 4 aromatic rings. The molecule has 1 aliphatic heterocycles. The maximum Gasteiger partial charge on any atom is 0.261 e. The van der Waals surface area contributed by atoms with Crippen LogP contribution in [0.1, 0.15) is 23.2 Å². The molecule has 1 amide bonds. The number of rotatable bonds is 5. The quantitative estimate of drug-likeness (QED) is 0.481. The van der Waals surface area contributed by atoms with Crippen molar-refractivity contribution in [2.45, 2.75) is 12.8 Å². The van der Waals surface area contributed by atoms with Crippen LogP contribution >= 0.6 is 11.3 Å². The summed E-state index contributed by atoms with van der Waals surface area (Å²) in [5.41, 5.74) is 3.54. The molecule has 9 nitrogen and oxygen atoms in total. The second-order valence-electron chi connectivity index (χ2n) is 8.24. The van der Waals surface area contributed by atoms with Crippen molar-refractivity contribution in [3.63, 3.8) is 0 Å². The molecule has 10 heteroatoms. The van der Waals surface area contributed by atoms with E-state index in [1.165, 1.54) is 0 Å². The topological polar surface area (TPSA) is 98.9 Å². The first-order valence-electron chi connectivity index (χ1n) is 10.6. The van der Waals surface area contributed by atoms with Crippen molar-refractivity contribution in [1.82, 2.24) is 19.6 Å². The van der Waals surface area contributed by atoms with E-state index < -0.39 is 0 Å². The fraction of sp³-hybridized carbons (Fsp3) is 0.364. The van der Waals surface area contributed by atoms with Crippen molar-refractivity contribution in [3.8, 4) is 0 Å². The molecule has 0 atom stereocenters. The number of carbonyl (C=O) groups is 1. The normalized spacial score (nSPS) is 14.9. The SMILES string of the molecule is CN(C)c1nc2cc(N3CCC(CO)CC3)c(NC(=O)c3cnn4cccnc34)cc2s1. The van der Waals surface area contributed by atoms with E-state index in [-0.39, 0.29) is 12.5 Å². The molecule has 1 aromatic carbocycles. The first-order chi connectivity index (χ1) is 15.5. The summed E-state index contributed by atoms with van der Waals surface area (Å²) in [6, 6.07) is 5.84. The second-order valence-corrected chi connectivity index (χ2v) is 9.25. The minimum atomic E-state index is -0.248. The summed E-state index contributed by atoms with van der Waals surface area (Å²) >= 11 is 1.59. The predicted octanol–water partition coefficient (Wildman–Crippen LogP) is 2.87. The fourth-order valence-electron chi connectivity index (χ4n) is 4.04. The Morgan fingerprint density at radius 2 is 2.12 bits per heavy atom. The summed E-state index contributed by atoms with van der Waals surface area (Å²) < 4.78 is 2.60.